The molecule has 0 fully saturated rings. The molecule has 1 aromatic carbocycles. The molecule has 3 heterocycles. The second kappa shape index (κ2) is 7.24. The Hall–Kier alpha value is -3.13. The molecule has 0 saturated heterocycles. The molecule has 0 saturated carbocycles. The van der Waals surface area contributed by atoms with E-state index < -0.39 is 0 Å². The van der Waals surface area contributed by atoms with Crippen molar-refractivity contribution in [2.45, 2.75) is 32.7 Å². The third-order valence-corrected chi connectivity index (χ3v) is 4.81. The van der Waals surface area contributed by atoms with Crippen LogP contribution < -0.4 is 10.1 Å². The van der Waals surface area contributed by atoms with E-state index in [0.29, 0.717) is 25.4 Å². The Labute approximate surface area is 156 Å². The van der Waals surface area contributed by atoms with Crippen LogP contribution in [0.4, 0.5) is 0 Å². The number of imidazole rings is 1. The topological polar surface area (TPSA) is 94.1 Å². The van der Waals surface area contributed by atoms with E-state index in [0.717, 1.165) is 28.3 Å². The van der Waals surface area contributed by atoms with Crippen molar-refractivity contribution in [3.63, 3.8) is 0 Å². The van der Waals surface area contributed by atoms with E-state index >= 15 is 0 Å². The first kappa shape index (κ1) is 17.3. The molecule has 1 unspecified atom stereocenters. The van der Waals surface area contributed by atoms with Crippen molar-refractivity contribution in [3.05, 3.63) is 65.0 Å². The van der Waals surface area contributed by atoms with Crippen LogP contribution in [-0.2, 0) is 24.4 Å². The van der Waals surface area contributed by atoms with E-state index in [1.54, 1.807) is 19.6 Å². The molecule has 1 atom stereocenters. The maximum Gasteiger partial charge on any atom is 0.272 e. The van der Waals surface area contributed by atoms with Gasteiger partial charge in [-0.3, -0.25) is 9.89 Å². The molecule has 140 valence electrons. The lowest BCUT2D eigenvalue weighted by atomic mass is 10.1. The molecule has 2 N–H and O–H groups in total. The molecular formula is C19H21N5O3. The Morgan fingerprint density at radius 1 is 1.41 bits per heavy atom. The highest BCUT2D eigenvalue weighted by Crippen LogP contribution is 2.28. The monoisotopic (exact) mass is 367 g/mol. The highest BCUT2D eigenvalue weighted by Gasteiger charge is 2.26. The number of fused-ring (bicyclic) bond motifs is 1. The third kappa shape index (κ3) is 3.43. The molecule has 3 aromatic rings. The minimum absolute atomic E-state index is 0.0814. The zero-order valence-electron chi connectivity index (χ0n) is 15.2. The maximum absolute atomic E-state index is 12.5. The fraction of sp³-hybridized carbons (Fsp3) is 0.316. The second-order valence-electron chi connectivity index (χ2n) is 6.47. The fourth-order valence-corrected chi connectivity index (χ4v) is 3.15. The van der Waals surface area contributed by atoms with Crippen LogP contribution >= 0.6 is 0 Å². The van der Waals surface area contributed by atoms with E-state index in [1.807, 2.05) is 35.8 Å². The highest BCUT2D eigenvalue weighted by molar-refractivity contribution is 5.93. The van der Waals surface area contributed by atoms with E-state index in [9.17, 15) is 4.79 Å². The minimum atomic E-state index is -0.212. The molecular weight excluding hydrogens is 346 g/mol. The van der Waals surface area contributed by atoms with Crippen LogP contribution in [0.2, 0.25) is 0 Å². The van der Waals surface area contributed by atoms with Crippen LogP contribution in [0, 0.1) is 6.92 Å². The van der Waals surface area contributed by atoms with Crippen LogP contribution in [0.1, 0.15) is 39.1 Å². The molecule has 0 spiro atoms. The Kier molecular flexibility index (Phi) is 4.64. The number of hydrogen-bond donors (Lipinski definition) is 2. The Bertz CT molecular complexity index is 945. The van der Waals surface area contributed by atoms with Gasteiger partial charge in [-0.05, 0) is 24.6 Å². The van der Waals surface area contributed by atoms with Gasteiger partial charge in [0.15, 0.2) is 5.69 Å². The molecule has 1 aliphatic heterocycles. The number of nitrogens with zero attached hydrogens (tertiary/aromatic N) is 3. The van der Waals surface area contributed by atoms with Crippen LogP contribution in [0.15, 0.2) is 36.8 Å². The zero-order chi connectivity index (χ0) is 18.8. The lowest BCUT2D eigenvalue weighted by molar-refractivity contribution is 0.00255. The number of benzene rings is 1. The predicted molar refractivity (Wildman–Crippen MR) is 97.2 cm³/mol. The molecule has 8 heteroatoms. The van der Waals surface area contributed by atoms with Crippen molar-refractivity contribution in [2.24, 2.45) is 0 Å². The van der Waals surface area contributed by atoms with E-state index in [2.05, 4.69) is 20.5 Å². The summed E-state index contributed by atoms with van der Waals surface area (Å²) in [6.45, 7) is 3.27. The van der Waals surface area contributed by atoms with Gasteiger partial charge >= 0.3 is 0 Å². The van der Waals surface area contributed by atoms with Crippen molar-refractivity contribution in [1.82, 2.24) is 25.1 Å². The van der Waals surface area contributed by atoms with Crippen LogP contribution in [0.25, 0.3) is 0 Å². The van der Waals surface area contributed by atoms with Crippen molar-refractivity contribution in [1.29, 1.82) is 0 Å². The van der Waals surface area contributed by atoms with Gasteiger partial charge in [-0.1, -0.05) is 12.1 Å². The Balaban J connectivity index is 1.44. The number of aromatic amines is 1. The number of hydrogen-bond acceptors (Lipinski definition) is 5. The first-order valence-electron chi connectivity index (χ1n) is 8.72. The van der Waals surface area contributed by atoms with Crippen LogP contribution in [-0.4, -0.2) is 32.8 Å². The number of carbonyl (C=O) groups excluding carboxylic acids is 1. The lowest BCUT2D eigenvalue weighted by Crippen LogP contribution is -2.27. The molecule has 0 bridgehead atoms. The molecule has 1 amide bonds. The summed E-state index contributed by atoms with van der Waals surface area (Å²) in [7, 11) is 1.64. The summed E-state index contributed by atoms with van der Waals surface area (Å²) in [5.74, 6) is 0.598. The maximum atomic E-state index is 12.5. The summed E-state index contributed by atoms with van der Waals surface area (Å²) in [5, 5.41) is 9.70. The number of methoxy groups -OCH3 is 1. The molecule has 27 heavy (non-hydrogen) atoms. The first-order valence-corrected chi connectivity index (χ1v) is 8.72. The van der Waals surface area contributed by atoms with Gasteiger partial charge < -0.3 is 19.4 Å². The number of H-pyrrole nitrogens is 1. The van der Waals surface area contributed by atoms with Gasteiger partial charge in [0.1, 0.15) is 11.9 Å². The smallest absolute Gasteiger partial charge is 0.272 e. The molecule has 4 rings (SSSR count). The number of carbonyl (C=O) groups is 1. The van der Waals surface area contributed by atoms with Crippen molar-refractivity contribution >= 4 is 5.91 Å². The number of rotatable bonds is 5. The third-order valence-electron chi connectivity index (χ3n) is 4.81. The minimum Gasteiger partial charge on any atom is -0.497 e. The van der Waals surface area contributed by atoms with Gasteiger partial charge in [0.2, 0.25) is 0 Å². The number of aromatic nitrogens is 4. The van der Waals surface area contributed by atoms with Gasteiger partial charge in [-0.25, -0.2) is 4.98 Å². The van der Waals surface area contributed by atoms with Gasteiger partial charge in [-0.2, -0.15) is 5.10 Å². The second-order valence-corrected chi connectivity index (χ2v) is 6.47. The van der Waals surface area contributed by atoms with Gasteiger partial charge in [0.25, 0.3) is 5.91 Å². The molecule has 2 aromatic heterocycles. The summed E-state index contributed by atoms with van der Waals surface area (Å²) in [6.07, 6.45) is 3.33. The van der Waals surface area contributed by atoms with Gasteiger partial charge in [-0.15, -0.1) is 0 Å². The van der Waals surface area contributed by atoms with E-state index in [4.69, 9.17) is 9.47 Å². The molecule has 0 aliphatic carbocycles. The van der Waals surface area contributed by atoms with Gasteiger partial charge in [0.05, 0.1) is 38.5 Å². The van der Waals surface area contributed by atoms with E-state index in [-0.39, 0.29) is 12.0 Å². The quantitative estimate of drug-likeness (QED) is 0.720. The van der Waals surface area contributed by atoms with Gasteiger partial charge in [0, 0.05) is 17.8 Å². The van der Waals surface area contributed by atoms with Crippen LogP contribution in [0.5, 0.6) is 5.75 Å². The number of ether oxygens (including phenoxy) is 2. The van der Waals surface area contributed by atoms with Crippen LogP contribution in [0.3, 0.4) is 0 Å². The normalized spacial score (nSPS) is 16.0. The summed E-state index contributed by atoms with van der Waals surface area (Å²) < 4.78 is 13.2. The van der Waals surface area contributed by atoms with Crippen molar-refractivity contribution < 1.29 is 14.3 Å². The summed E-state index contributed by atoms with van der Waals surface area (Å²) in [5.41, 5.74) is 4.15. The number of aryl methyl sites for hydroxylation is 1. The highest BCUT2D eigenvalue weighted by atomic mass is 16.5. The average molecular weight is 367 g/mol. The predicted octanol–water partition coefficient (Wildman–Crippen LogP) is 2.12. The lowest BCUT2D eigenvalue weighted by Gasteiger charge is -2.25. The Morgan fingerprint density at radius 2 is 2.22 bits per heavy atom. The van der Waals surface area contributed by atoms with Crippen molar-refractivity contribution in [2.75, 3.05) is 7.11 Å². The summed E-state index contributed by atoms with van der Waals surface area (Å²) >= 11 is 0. The number of amides is 1. The molecule has 1 aliphatic rings. The first-order chi connectivity index (χ1) is 13.2. The molecule has 8 nitrogen and oxygen atoms in total. The number of nitrogens with one attached hydrogen (secondary N) is 2. The zero-order valence-corrected chi connectivity index (χ0v) is 15.2. The van der Waals surface area contributed by atoms with Crippen molar-refractivity contribution in [3.8, 4) is 5.75 Å². The average Bonchev–Trinajstić information content (AvgIpc) is 3.31. The summed E-state index contributed by atoms with van der Waals surface area (Å²) in [6, 6.07) is 7.82. The standard InChI is InChI=1S/C19H21N5O3/c1-12-14(8-22-23-12)7-20-19(25)18-16-10-27-17(9-24(16)11-21-18)13-3-5-15(26-2)6-4-13/h3-6,8,11,17H,7,9-10H2,1-2H3,(H,20,25)(H,22,23). The summed E-state index contributed by atoms with van der Waals surface area (Å²) in [4.78, 5) is 16.8. The van der Waals surface area contributed by atoms with E-state index in [1.165, 1.54) is 0 Å². The molecule has 0 radical (unpaired) electrons. The fourth-order valence-electron chi connectivity index (χ4n) is 3.15. The Morgan fingerprint density at radius 3 is 2.93 bits per heavy atom. The largest absolute Gasteiger partial charge is 0.497 e. The SMILES string of the molecule is COc1ccc(C2Cn3cnc(C(=O)NCc4cn[nH]c4C)c3CO2)cc1.